The average molecular weight is 361 g/mol. The summed E-state index contributed by atoms with van der Waals surface area (Å²) in [5, 5.41) is 0. The minimum atomic E-state index is 0.0502. The van der Waals surface area contributed by atoms with Crippen LogP contribution in [0, 0.1) is 0 Å². The lowest BCUT2D eigenvalue weighted by atomic mass is 9.82. The Hall–Kier alpha value is -1.86. The summed E-state index contributed by atoms with van der Waals surface area (Å²) in [5.41, 5.74) is 11.6. The first-order valence-corrected chi connectivity index (χ1v) is 8.92. The highest BCUT2D eigenvalue weighted by atomic mass is 79.9. The maximum Gasteiger partial charge on any atom is 0.0228 e. The van der Waals surface area contributed by atoms with Crippen LogP contribution in [-0.2, 0) is 11.8 Å². The van der Waals surface area contributed by atoms with Crippen molar-refractivity contribution in [2.45, 2.75) is 25.7 Å². The molecule has 112 valence electrons. The quantitative estimate of drug-likeness (QED) is 0.343. The predicted molar refractivity (Wildman–Crippen MR) is 99.9 cm³/mol. The molecule has 23 heavy (non-hydrogen) atoms. The van der Waals surface area contributed by atoms with E-state index in [0.29, 0.717) is 0 Å². The second-order valence-electron chi connectivity index (χ2n) is 7.14. The molecule has 0 amide bonds. The van der Waals surface area contributed by atoms with Crippen LogP contribution in [0.2, 0.25) is 0 Å². The molecule has 0 unspecified atom stereocenters. The van der Waals surface area contributed by atoms with Gasteiger partial charge in [-0.1, -0.05) is 78.3 Å². The van der Waals surface area contributed by atoms with Crippen molar-refractivity contribution in [2.24, 2.45) is 0 Å². The van der Waals surface area contributed by atoms with Crippen molar-refractivity contribution in [3.8, 4) is 22.3 Å². The molecule has 0 fully saturated rings. The number of hydrogen-bond acceptors (Lipinski definition) is 0. The van der Waals surface area contributed by atoms with Gasteiger partial charge < -0.3 is 0 Å². The first kappa shape index (κ1) is 13.6. The third kappa shape index (κ3) is 1.61. The normalized spacial score (nSPS) is 15.8. The van der Waals surface area contributed by atoms with Gasteiger partial charge in [-0.2, -0.15) is 0 Å². The van der Waals surface area contributed by atoms with Gasteiger partial charge in [-0.05, 0) is 57.0 Å². The van der Waals surface area contributed by atoms with Crippen molar-refractivity contribution >= 4 is 15.9 Å². The topological polar surface area (TPSA) is 0 Å². The maximum absolute atomic E-state index is 3.89. The van der Waals surface area contributed by atoms with Gasteiger partial charge in [0.25, 0.3) is 0 Å². The van der Waals surface area contributed by atoms with Crippen molar-refractivity contribution in [3.05, 3.63) is 81.3 Å². The van der Waals surface area contributed by atoms with Crippen molar-refractivity contribution in [1.82, 2.24) is 0 Å². The summed E-state index contributed by atoms with van der Waals surface area (Å²) in [5.74, 6) is 0. The standard InChI is InChI=1S/C22H17Br/c1-22(2)18-10-6-5-9-15(18)20-17-11-13-7-3-4-8-14(13)16(17)12-19(23)21(20)22/h3-10,12H,11H2,1-2H3. The largest absolute Gasteiger partial charge is 0.0619 e. The molecule has 0 atom stereocenters. The minimum absolute atomic E-state index is 0.0502. The first-order chi connectivity index (χ1) is 11.1. The van der Waals surface area contributed by atoms with Crippen molar-refractivity contribution in [1.29, 1.82) is 0 Å². The molecule has 0 aromatic heterocycles. The Morgan fingerprint density at radius 1 is 0.870 bits per heavy atom. The second kappa shape index (κ2) is 4.36. The molecule has 2 aliphatic carbocycles. The summed E-state index contributed by atoms with van der Waals surface area (Å²) >= 11 is 3.89. The van der Waals surface area contributed by atoms with Gasteiger partial charge in [-0.3, -0.25) is 0 Å². The molecule has 0 spiro atoms. The Morgan fingerprint density at radius 3 is 2.39 bits per heavy atom. The molecule has 0 bridgehead atoms. The summed E-state index contributed by atoms with van der Waals surface area (Å²) in [6.45, 7) is 4.69. The number of rotatable bonds is 0. The molecular weight excluding hydrogens is 344 g/mol. The van der Waals surface area contributed by atoms with Crippen LogP contribution >= 0.6 is 15.9 Å². The molecule has 3 aromatic carbocycles. The van der Waals surface area contributed by atoms with Crippen LogP contribution < -0.4 is 0 Å². The van der Waals surface area contributed by atoms with Crippen molar-refractivity contribution in [3.63, 3.8) is 0 Å². The van der Waals surface area contributed by atoms with E-state index in [-0.39, 0.29) is 5.41 Å². The van der Waals surface area contributed by atoms with E-state index in [2.05, 4.69) is 84.4 Å². The Labute approximate surface area is 145 Å². The summed E-state index contributed by atoms with van der Waals surface area (Å²) in [6.07, 6.45) is 1.05. The van der Waals surface area contributed by atoms with E-state index in [1.807, 2.05) is 0 Å². The fourth-order valence-corrected chi connectivity index (χ4v) is 5.45. The van der Waals surface area contributed by atoms with Gasteiger partial charge >= 0.3 is 0 Å². The highest BCUT2D eigenvalue weighted by Crippen LogP contribution is 2.56. The van der Waals surface area contributed by atoms with Crippen LogP contribution in [0.15, 0.2) is 59.1 Å². The van der Waals surface area contributed by atoms with E-state index < -0.39 is 0 Å². The average Bonchev–Trinajstić information content (AvgIpc) is 3.02. The Morgan fingerprint density at radius 2 is 1.57 bits per heavy atom. The molecule has 0 saturated carbocycles. The zero-order chi connectivity index (χ0) is 15.8. The van der Waals surface area contributed by atoms with E-state index in [0.717, 1.165) is 6.42 Å². The van der Waals surface area contributed by atoms with Crippen LogP contribution in [0.5, 0.6) is 0 Å². The molecule has 2 aliphatic rings. The molecule has 0 radical (unpaired) electrons. The van der Waals surface area contributed by atoms with E-state index in [1.54, 1.807) is 0 Å². The van der Waals surface area contributed by atoms with Crippen LogP contribution in [0.3, 0.4) is 0 Å². The van der Waals surface area contributed by atoms with Crippen LogP contribution in [-0.4, -0.2) is 0 Å². The zero-order valence-corrected chi connectivity index (χ0v) is 14.9. The Balaban J connectivity index is 1.92. The van der Waals surface area contributed by atoms with Crippen molar-refractivity contribution < 1.29 is 0 Å². The fraction of sp³-hybridized carbons (Fsp3) is 0.182. The predicted octanol–water partition coefficient (Wildman–Crippen LogP) is 6.33. The van der Waals surface area contributed by atoms with Gasteiger partial charge in [0.2, 0.25) is 0 Å². The number of halogens is 1. The van der Waals surface area contributed by atoms with Gasteiger partial charge in [0.05, 0.1) is 0 Å². The Kier molecular flexibility index (Phi) is 2.57. The molecule has 1 heteroatoms. The number of benzene rings is 3. The Bertz CT molecular complexity index is 979. The number of fused-ring (bicyclic) bond motifs is 7. The lowest BCUT2D eigenvalue weighted by Crippen LogP contribution is -2.15. The fourth-order valence-electron chi connectivity index (χ4n) is 4.53. The SMILES string of the molecule is CC1(C)c2ccccc2-c2c3c(cc(Br)c21)-c1ccccc1C3. The highest BCUT2D eigenvalue weighted by Gasteiger charge is 2.40. The monoisotopic (exact) mass is 360 g/mol. The highest BCUT2D eigenvalue weighted by molar-refractivity contribution is 9.10. The van der Waals surface area contributed by atoms with Crippen LogP contribution in [0.25, 0.3) is 22.3 Å². The van der Waals surface area contributed by atoms with Crippen LogP contribution in [0.4, 0.5) is 0 Å². The molecule has 0 nitrogen and oxygen atoms in total. The van der Waals surface area contributed by atoms with E-state index in [9.17, 15) is 0 Å². The van der Waals surface area contributed by atoms with Gasteiger partial charge in [0.15, 0.2) is 0 Å². The van der Waals surface area contributed by atoms with E-state index in [1.165, 1.54) is 49.0 Å². The first-order valence-electron chi connectivity index (χ1n) is 8.13. The lowest BCUT2D eigenvalue weighted by Gasteiger charge is -2.23. The second-order valence-corrected chi connectivity index (χ2v) is 7.99. The summed E-state index contributed by atoms with van der Waals surface area (Å²) < 4.78 is 1.24. The molecule has 5 rings (SSSR count). The molecule has 0 N–H and O–H groups in total. The van der Waals surface area contributed by atoms with Gasteiger partial charge in [-0.25, -0.2) is 0 Å². The van der Waals surface area contributed by atoms with Crippen molar-refractivity contribution in [2.75, 3.05) is 0 Å². The van der Waals surface area contributed by atoms with E-state index >= 15 is 0 Å². The molecule has 0 heterocycles. The summed E-state index contributed by atoms with van der Waals surface area (Å²) in [7, 11) is 0. The van der Waals surface area contributed by atoms with Crippen LogP contribution in [0.1, 0.15) is 36.1 Å². The van der Waals surface area contributed by atoms with Gasteiger partial charge in [0.1, 0.15) is 0 Å². The maximum atomic E-state index is 3.89. The minimum Gasteiger partial charge on any atom is -0.0619 e. The molecular formula is C22H17Br. The van der Waals surface area contributed by atoms with Gasteiger partial charge in [-0.15, -0.1) is 0 Å². The third-order valence-electron chi connectivity index (χ3n) is 5.56. The molecule has 0 saturated heterocycles. The molecule has 0 aliphatic heterocycles. The van der Waals surface area contributed by atoms with Gasteiger partial charge in [0, 0.05) is 9.89 Å². The smallest absolute Gasteiger partial charge is 0.0228 e. The number of hydrogen-bond donors (Lipinski definition) is 0. The van der Waals surface area contributed by atoms with E-state index in [4.69, 9.17) is 0 Å². The summed E-state index contributed by atoms with van der Waals surface area (Å²) in [4.78, 5) is 0. The zero-order valence-electron chi connectivity index (χ0n) is 13.3. The lowest BCUT2D eigenvalue weighted by molar-refractivity contribution is 0.657. The third-order valence-corrected chi connectivity index (χ3v) is 6.18. The summed E-state index contributed by atoms with van der Waals surface area (Å²) in [6, 6.07) is 20.1. The molecule has 3 aromatic rings.